The van der Waals surface area contributed by atoms with Crippen molar-refractivity contribution < 1.29 is 5.11 Å². The fourth-order valence-corrected chi connectivity index (χ4v) is 3.10. The van der Waals surface area contributed by atoms with Crippen LogP contribution in [0.4, 0.5) is 0 Å². The Morgan fingerprint density at radius 1 is 1.00 bits per heavy atom. The summed E-state index contributed by atoms with van der Waals surface area (Å²) in [6.45, 7) is 4.09. The summed E-state index contributed by atoms with van der Waals surface area (Å²) < 4.78 is 0. The number of hydrogen-bond acceptors (Lipinski definition) is 3. The molecule has 134 valence electrons. The summed E-state index contributed by atoms with van der Waals surface area (Å²) >= 11 is 0. The van der Waals surface area contributed by atoms with Crippen molar-refractivity contribution in [1.29, 1.82) is 0 Å². The van der Waals surface area contributed by atoms with E-state index in [0.717, 1.165) is 6.42 Å². The van der Waals surface area contributed by atoms with Gasteiger partial charge in [0.25, 0.3) is 0 Å². The number of allylic oxidation sites excluding steroid dienone is 2. The highest BCUT2D eigenvalue weighted by molar-refractivity contribution is 4.94. The fourth-order valence-electron chi connectivity index (χ4n) is 3.10. The van der Waals surface area contributed by atoms with Gasteiger partial charge in [-0.1, -0.05) is 57.6 Å². The largest absolute Gasteiger partial charge is 0.374 e. The van der Waals surface area contributed by atoms with Crippen molar-refractivity contribution in [3.8, 4) is 0 Å². The Labute approximate surface area is 143 Å². The zero-order valence-electron chi connectivity index (χ0n) is 15.3. The molecule has 0 saturated carbocycles. The maximum Gasteiger partial charge on any atom is 0.125 e. The number of hydrogen-bond donors (Lipinski definition) is 2. The Kier molecular flexibility index (Phi) is 11.8. The third-order valence-electron chi connectivity index (χ3n) is 4.57. The lowest BCUT2D eigenvalue weighted by Gasteiger charge is -2.28. The smallest absolute Gasteiger partial charge is 0.125 e. The summed E-state index contributed by atoms with van der Waals surface area (Å²) in [6, 6.07) is 0. The van der Waals surface area contributed by atoms with Crippen molar-refractivity contribution in [3.63, 3.8) is 0 Å². The fraction of sp³-hybridized carbons (Fsp3) is 0.800. The summed E-state index contributed by atoms with van der Waals surface area (Å²) in [5, 5.41) is 12.9. The van der Waals surface area contributed by atoms with Gasteiger partial charge in [0.05, 0.1) is 0 Å². The lowest BCUT2D eigenvalue weighted by atomic mass is 10.1. The zero-order valence-corrected chi connectivity index (χ0v) is 15.3. The van der Waals surface area contributed by atoms with Gasteiger partial charge in [0.1, 0.15) is 12.4 Å². The first-order chi connectivity index (χ1) is 11.3. The molecule has 0 aromatic rings. The SMILES string of the molecule is CCCCCCCCC/C=C/CCCCC1NC=CN1C(C)O. The molecule has 2 N–H and O–H groups in total. The molecule has 2 unspecified atom stereocenters. The molecule has 0 amide bonds. The molecule has 0 aliphatic carbocycles. The Morgan fingerprint density at radius 2 is 1.61 bits per heavy atom. The number of unbranched alkanes of at least 4 members (excludes halogenated alkanes) is 9. The molecule has 0 aromatic carbocycles. The summed E-state index contributed by atoms with van der Waals surface area (Å²) in [7, 11) is 0. The predicted molar refractivity (Wildman–Crippen MR) is 99.8 cm³/mol. The molecule has 2 atom stereocenters. The van der Waals surface area contributed by atoms with Gasteiger partial charge in [-0.05, 0) is 45.4 Å². The first-order valence-electron chi connectivity index (χ1n) is 9.79. The van der Waals surface area contributed by atoms with Crippen LogP contribution in [0.1, 0.15) is 90.9 Å². The van der Waals surface area contributed by atoms with Crippen molar-refractivity contribution in [1.82, 2.24) is 10.2 Å². The van der Waals surface area contributed by atoms with E-state index in [1.807, 2.05) is 24.2 Å². The molecule has 1 aliphatic heterocycles. The van der Waals surface area contributed by atoms with Crippen molar-refractivity contribution >= 4 is 0 Å². The van der Waals surface area contributed by atoms with Crippen LogP contribution in [0.25, 0.3) is 0 Å². The average Bonchev–Trinajstić information content (AvgIpc) is 3.00. The van der Waals surface area contributed by atoms with Crippen LogP contribution in [0.5, 0.6) is 0 Å². The van der Waals surface area contributed by atoms with Crippen LogP contribution in [0.15, 0.2) is 24.6 Å². The summed E-state index contributed by atoms with van der Waals surface area (Å²) in [5.41, 5.74) is 0. The van der Waals surface area contributed by atoms with Crippen molar-refractivity contribution in [2.75, 3.05) is 0 Å². The number of aliphatic hydroxyl groups excluding tert-OH is 1. The minimum atomic E-state index is -0.409. The van der Waals surface area contributed by atoms with Crippen molar-refractivity contribution in [2.24, 2.45) is 0 Å². The van der Waals surface area contributed by atoms with E-state index in [2.05, 4.69) is 24.4 Å². The molecular weight excluding hydrogens is 284 g/mol. The van der Waals surface area contributed by atoms with Crippen LogP contribution in [-0.4, -0.2) is 22.4 Å². The van der Waals surface area contributed by atoms with Crippen LogP contribution in [0, 0.1) is 0 Å². The Hall–Kier alpha value is -0.960. The Balaban J connectivity index is 1.87. The number of aliphatic hydroxyl groups is 1. The molecule has 1 heterocycles. The highest BCUT2D eigenvalue weighted by Gasteiger charge is 2.20. The highest BCUT2D eigenvalue weighted by Crippen LogP contribution is 2.15. The molecule has 0 radical (unpaired) electrons. The van der Waals surface area contributed by atoms with Crippen LogP contribution in [-0.2, 0) is 0 Å². The second-order valence-corrected chi connectivity index (χ2v) is 6.74. The van der Waals surface area contributed by atoms with E-state index in [1.165, 1.54) is 70.6 Å². The first-order valence-corrected chi connectivity index (χ1v) is 9.79. The maximum atomic E-state index is 9.65. The normalized spacial score (nSPS) is 18.7. The molecular formula is C20H38N2O. The van der Waals surface area contributed by atoms with Gasteiger partial charge in [-0.2, -0.15) is 0 Å². The third-order valence-corrected chi connectivity index (χ3v) is 4.57. The quantitative estimate of drug-likeness (QED) is 0.337. The molecule has 0 bridgehead atoms. The van der Waals surface area contributed by atoms with Crippen LogP contribution in [0.2, 0.25) is 0 Å². The van der Waals surface area contributed by atoms with Crippen LogP contribution in [0.3, 0.4) is 0 Å². The van der Waals surface area contributed by atoms with E-state index < -0.39 is 6.23 Å². The van der Waals surface area contributed by atoms with Gasteiger partial charge in [-0.3, -0.25) is 0 Å². The van der Waals surface area contributed by atoms with E-state index in [1.54, 1.807) is 0 Å². The minimum Gasteiger partial charge on any atom is -0.374 e. The number of nitrogens with one attached hydrogen (secondary N) is 1. The Morgan fingerprint density at radius 3 is 2.26 bits per heavy atom. The summed E-state index contributed by atoms with van der Waals surface area (Å²) in [5.74, 6) is 0. The van der Waals surface area contributed by atoms with E-state index in [-0.39, 0.29) is 6.17 Å². The first kappa shape index (κ1) is 20.1. The van der Waals surface area contributed by atoms with Gasteiger partial charge in [0, 0.05) is 12.4 Å². The predicted octanol–water partition coefficient (Wildman–Crippen LogP) is 5.28. The molecule has 23 heavy (non-hydrogen) atoms. The van der Waals surface area contributed by atoms with Crippen LogP contribution >= 0.6 is 0 Å². The molecule has 0 fully saturated rings. The van der Waals surface area contributed by atoms with Crippen molar-refractivity contribution in [2.45, 2.75) is 103 Å². The monoisotopic (exact) mass is 322 g/mol. The molecule has 3 nitrogen and oxygen atoms in total. The molecule has 0 aromatic heterocycles. The lowest BCUT2D eigenvalue weighted by Crippen LogP contribution is -2.40. The zero-order chi connectivity index (χ0) is 16.8. The van der Waals surface area contributed by atoms with Gasteiger partial charge in [-0.25, -0.2) is 0 Å². The van der Waals surface area contributed by atoms with Crippen LogP contribution < -0.4 is 5.32 Å². The van der Waals surface area contributed by atoms with Gasteiger partial charge in [-0.15, -0.1) is 0 Å². The molecule has 0 spiro atoms. The standard InChI is InChI=1S/C20H38N2O/c1-3-4-5-6-7-8-9-10-11-12-13-14-15-16-20-21-17-18-22(20)19(2)23/h11-12,17-21,23H,3-10,13-16H2,1-2H3/b12-11+. The van der Waals surface area contributed by atoms with Gasteiger partial charge in [0.2, 0.25) is 0 Å². The average molecular weight is 323 g/mol. The number of rotatable bonds is 14. The van der Waals surface area contributed by atoms with E-state index in [0.29, 0.717) is 0 Å². The summed E-state index contributed by atoms with van der Waals surface area (Å²) in [6.07, 6.45) is 24.1. The van der Waals surface area contributed by atoms with E-state index >= 15 is 0 Å². The topological polar surface area (TPSA) is 35.5 Å². The molecule has 3 heteroatoms. The minimum absolute atomic E-state index is 0.270. The van der Waals surface area contributed by atoms with Crippen molar-refractivity contribution in [3.05, 3.63) is 24.6 Å². The maximum absolute atomic E-state index is 9.65. The highest BCUT2D eigenvalue weighted by atomic mass is 16.3. The molecule has 1 rings (SSSR count). The second-order valence-electron chi connectivity index (χ2n) is 6.74. The Bertz CT molecular complexity index is 326. The summed E-state index contributed by atoms with van der Waals surface area (Å²) in [4.78, 5) is 1.98. The van der Waals surface area contributed by atoms with E-state index in [9.17, 15) is 5.11 Å². The van der Waals surface area contributed by atoms with Gasteiger partial charge >= 0.3 is 0 Å². The van der Waals surface area contributed by atoms with Gasteiger partial charge < -0.3 is 15.3 Å². The van der Waals surface area contributed by atoms with E-state index in [4.69, 9.17) is 0 Å². The second kappa shape index (κ2) is 13.5. The lowest BCUT2D eigenvalue weighted by molar-refractivity contribution is 0.0255. The number of nitrogens with zero attached hydrogens (tertiary/aromatic N) is 1. The third kappa shape index (κ3) is 9.70. The van der Waals surface area contributed by atoms with Gasteiger partial charge in [0.15, 0.2) is 0 Å². The molecule has 1 aliphatic rings. The molecule has 0 saturated heterocycles.